The Hall–Kier alpha value is -2.71. The van der Waals surface area contributed by atoms with Crippen molar-refractivity contribution >= 4 is 50.6 Å². The molecule has 1 N–H and O–H groups in total. The normalized spacial score (nSPS) is 14.8. The van der Waals surface area contributed by atoms with Crippen LogP contribution in [0.15, 0.2) is 50.8 Å². The summed E-state index contributed by atoms with van der Waals surface area (Å²) >= 11 is 9.54. The molecular formula is C23H21BrClN3O4. The largest absolute Gasteiger partial charge is 0.480 e. The lowest BCUT2D eigenvalue weighted by molar-refractivity contribution is -0.139. The van der Waals surface area contributed by atoms with Gasteiger partial charge in [-0.15, -0.1) is 0 Å². The maximum atomic E-state index is 13.3. The van der Waals surface area contributed by atoms with Gasteiger partial charge in [0, 0.05) is 16.5 Å². The lowest BCUT2D eigenvalue weighted by Gasteiger charge is -2.22. The highest BCUT2D eigenvalue weighted by Crippen LogP contribution is 2.33. The number of ether oxygens (including phenoxy) is 1. The zero-order valence-electron chi connectivity index (χ0n) is 17.1. The first-order valence-electron chi connectivity index (χ1n) is 10.3. The van der Waals surface area contributed by atoms with Gasteiger partial charge in [-0.25, -0.2) is 9.78 Å². The fourth-order valence-corrected chi connectivity index (χ4v) is 4.91. The van der Waals surface area contributed by atoms with Crippen molar-refractivity contribution in [3.63, 3.8) is 0 Å². The second-order valence-electron chi connectivity index (χ2n) is 7.67. The van der Waals surface area contributed by atoms with E-state index in [4.69, 9.17) is 26.4 Å². The third-order valence-electron chi connectivity index (χ3n) is 5.44. The van der Waals surface area contributed by atoms with Crippen LogP contribution >= 0.6 is 27.5 Å². The van der Waals surface area contributed by atoms with E-state index in [1.54, 1.807) is 24.3 Å². The number of carboxylic acid groups (broad SMARTS) is 1. The molecule has 1 aromatic heterocycles. The Morgan fingerprint density at radius 3 is 2.78 bits per heavy atom. The summed E-state index contributed by atoms with van der Waals surface area (Å²) in [4.78, 5) is 29.1. The lowest BCUT2D eigenvalue weighted by Crippen LogP contribution is -2.25. The average Bonchev–Trinajstić information content (AvgIpc) is 2.78. The van der Waals surface area contributed by atoms with Crippen molar-refractivity contribution < 1.29 is 14.6 Å². The fraction of sp³-hybridized carbons (Fsp3) is 0.304. The van der Waals surface area contributed by atoms with Gasteiger partial charge in [-0.1, -0.05) is 43.0 Å². The number of carbonyl (C=O) groups is 1. The zero-order chi connectivity index (χ0) is 22.7. The molecule has 32 heavy (non-hydrogen) atoms. The average molecular weight is 519 g/mol. The summed E-state index contributed by atoms with van der Waals surface area (Å²) in [6.45, 7) is -0.522. The molecule has 0 spiro atoms. The summed E-state index contributed by atoms with van der Waals surface area (Å²) in [7, 11) is 0. The second kappa shape index (κ2) is 9.83. The molecule has 0 atom stereocenters. The van der Waals surface area contributed by atoms with Gasteiger partial charge >= 0.3 is 5.97 Å². The van der Waals surface area contributed by atoms with E-state index in [2.05, 4.69) is 21.0 Å². The summed E-state index contributed by atoms with van der Waals surface area (Å²) in [6, 6.07) is 10.4. The Balaban J connectivity index is 1.83. The van der Waals surface area contributed by atoms with Crippen molar-refractivity contribution in [2.24, 2.45) is 5.10 Å². The standard InChI is InChI=1S/C23H21BrClN3O4/c24-18-11-16(25)10-15(21(18)32-13-20(29)30)12-26-28-22(14-6-2-1-3-7-14)27-19-9-5-4-8-17(19)23(28)31/h4-5,8-12,14H,1-3,6-7,13H2,(H,29,30). The Morgan fingerprint density at radius 1 is 1.28 bits per heavy atom. The number of fused-ring (bicyclic) bond motifs is 1. The first-order chi connectivity index (χ1) is 15.4. The van der Waals surface area contributed by atoms with E-state index in [-0.39, 0.29) is 17.2 Å². The van der Waals surface area contributed by atoms with E-state index in [1.807, 2.05) is 12.1 Å². The fourth-order valence-electron chi connectivity index (χ4n) is 3.96. The molecule has 1 aliphatic carbocycles. The van der Waals surface area contributed by atoms with Gasteiger partial charge in [0.05, 0.1) is 21.6 Å². The number of carboxylic acids is 1. The molecule has 0 saturated heterocycles. The van der Waals surface area contributed by atoms with Gasteiger partial charge in [0.1, 0.15) is 11.6 Å². The molecule has 2 aromatic carbocycles. The number of para-hydroxylation sites is 1. The van der Waals surface area contributed by atoms with E-state index in [1.165, 1.54) is 17.3 Å². The first-order valence-corrected chi connectivity index (χ1v) is 11.5. The minimum absolute atomic E-state index is 0.145. The van der Waals surface area contributed by atoms with E-state index >= 15 is 0 Å². The minimum Gasteiger partial charge on any atom is -0.480 e. The van der Waals surface area contributed by atoms with Crippen LogP contribution in [-0.2, 0) is 4.79 Å². The number of rotatable bonds is 6. The third kappa shape index (κ3) is 4.86. The summed E-state index contributed by atoms with van der Waals surface area (Å²) in [6.07, 6.45) is 6.72. The second-order valence-corrected chi connectivity index (χ2v) is 8.96. The molecule has 1 heterocycles. The smallest absolute Gasteiger partial charge is 0.341 e. The van der Waals surface area contributed by atoms with Crippen molar-refractivity contribution in [1.82, 2.24) is 9.66 Å². The van der Waals surface area contributed by atoms with Gasteiger partial charge < -0.3 is 9.84 Å². The van der Waals surface area contributed by atoms with Crippen LogP contribution in [0, 0.1) is 0 Å². The molecule has 1 aliphatic rings. The number of aliphatic carboxylic acids is 1. The molecule has 1 saturated carbocycles. The lowest BCUT2D eigenvalue weighted by atomic mass is 9.88. The maximum absolute atomic E-state index is 13.3. The highest BCUT2D eigenvalue weighted by atomic mass is 79.9. The number of aromatic nitrogens is 2. The summed E-state index contributed by atoms with van der Waals surface area (Å²) in [5.74, 6) is -0.0448. The Morgan fingerprint density at radius 2 is 2.03 bits per heavy atom. The van der Waals surface area contributed by atoms with E-state index < -0.39 is 12.6 Å². The number of nitrogens with zero attached hydrogens (tertiary/aromatic N) is 3. The summed E-state index contributed by atoms with van der Waals surface area (Å²) in [5, 5.41) is 14.4. The van der Waals surface area contributed by atoms with Crippen LogP contribution in [0.5, 0.6) is 5.75 Å². The molecule has 0 amide bonds. The first kappa shape index (κ1) is 22.5. The third-order valence-corrected chi connectivity index (χ3v) is 6.25. The highest BCUT2D eigenvalue weighted by molar-refractivity contribution is 9.10. The molecule has 1 fully saturated rings. The minimum atomic E-state index is -1.11. The molecule has 9 heteroatoms. The van der Waals surface area contributed by atoms with Gasteiger partial charge in [-0.3, -0.25) is 4.79 Å². The Labute approximate surface area is 197 Å². The monoisotopic (exact) mass is 517 g/mol. The molecular weight excluding hydrogens is 498 g/mol. The molecule has 166 valence electrons. The predicted molar refractivity (Wildman–Crippen MR) is 127 cm³/mol. The number of benzene rings is 2. The van der Waals surface area contributed by atoms with Gasteiger partial charge in [0.25, 0.3) is 5.56 Å². The van der Waals surface area contributed by atoms with E-state index in [0.717, 1.165) is 25.7 Å². The summed E-state index contributed by atoms with van der Waals surface area (Å²) in [5.41, 5.74) is 0.849. The van der Waals surface area contributed by atoms with Crippen molar-refractivity contribution in [2.45, 2.75) is 38.0 Å². The molecule has 0 radical (unpaired) electrons. The van der Waals surface area contributed by atoms with Crippen molar-refractivity contribution in [3.8, 4) is 5.75 Å². The SMILES string of the molecule is O=C(O)COc1c(Br)cc(Cl)cc1C=Nn1c(C2CCCCC2)nc2ccccc2c1=O. The molecule has 7 nitrogen and oxygen atoms in total. The molecule has 3 aromatic rings. The van der Waals surface area contributed by atoms with Gasteiger partial charge in [-0.2, -0.15) is 9.78 Å². The predicted octanol–water partition coefficient (Wildman–Crippen LogP) is 5.21. The quantitative estimate of drug-likeness (QED) is 0.452. The van der Waals surface area contributed by atoms with Crippen LogP contribution < -0.4 is 10.3 Å². The molecule has 0 aliphatic heterocycles. The van der Waals surface area contributed by atoms with E-state index in [9.17, 15) is 9.59 Å². The van der Waals surface area contributed by atoms with Crippen LogP contribution in [-0.4, -0.2) is 33.6 Å². The van der Waals surface area contributed by atoms with Gasteiger partial charge in [0.2, 0.25) is 0 Å². The Bertz CT molecular complexity index is 1250. The van der Waals surface area contributed by atoms with Crippen LogP contribution in [0.1, 0.15) is 49.4 Å². The molecule has 0 unspecified atom stereocenters. The van der Waals surface area contributed by atoms with Crippen LogP contribution in [0.3, 0.4) is 0 Å². The van der Waals surface area contributed by atoms with Crippen LogP contribution in [0.4, 0.5) is 0 Å². The molecule has 4 rings (SSSR count). The number of hydrogen-bond acceptors (Lipinski definition) is 5. The highest BCUT2D eigenvalue weighted by Gasteiger charge is 2.22. The molecule has 0 bridgehead atoms. The summed E-state index contributed by atoms with van der Waals surface area (Å²) < 4.78 is 7.27. The van der Waals surface area contributed by atoms with Crippen molar-refractivity contribution in [1.29, 1.82) is 0 Å². The van der Waals surface area contributed by atoms with E-state index in [0.29, 0.717) is 31.8 Å². The maximum Gasteiger partial charge on any atom is 0.341 e. The topological polar surface area (TPSA) is 93.8 Å². The number of hydrogen-bond donors (Lipinski definition) is 1. The Kier molecular flexibility index (Phi) is 6.91. The van der Waals surface area contributed by atoms with Crippen LogP contribution in [0.2, 0.25) is 5.02 Å². The number of halogens is 2. The van der Waals surface area contributed by atoms with Gasteiger partial charge in [-0.05, 0) is 53.0 Å². The van der Waals surface area contributed by atoms with Crippen LogP contribution in [0.25, 0.3) is 10.9 Å². The van der Waals surface area contributed by atoms with Crippen molar-refractivity contribution in [3.05, 3.63) is 67.6 Å². The zero-order valence-corrected chi connectivity index (χ0v) is 19.5. The van der Waals surface area contributed by atoms with Crippen molar-refractivity contribution in [2.75, 3.05) is 6.61 Å². The van der Waals surface area contributed by atoms with Gasteiger partial charge in [0.15, 0.2) is 6.61 Å².